The number of nitrogen functional groups attached to an aromatic ring is 2. The van der Waals surface area contributed by atoms with Crippen LogP contribution >= 0.6 is 12.4 Å². The minimum absolute atomic E-state index is 0. The van der Waals surface area contributed by atoms with E-state index in [9.17, 15) is 0 Å². The number of nitrogens with zero attached hydrogens (tertiary/aromatic N) is 3. The van der Waals surface area contributed by atoms with Crippen LogP contribution < -0.4 is 16.8 Å². The van der Waals surface area contributed by atoms with Crippen LogP contribution in [0.2, 0.25) is 0 Å². The second kappa shape index (κ2) is 5.91. The molecule has 12 heavy (non-hydrogen) atoms. The van der Waals surface area contributed by atoms with Crippen LogP contribution in [0.25, 0.3) is 0 Å². The van der Waals surface area contributed by atoms with Gasteiger partial charge in [-0.25, -0.2) is 0 Å². The summed E-state index contributed by atoms with van der Waals surface area (Å²) in [6.07, 6.45) is 0. The Hall–Kier alpha value is -0.677. The smallest absolute Gasteiger partial charge is 0.229 e. The van der Waals surface area contributed by atoms with Gasteiger partial charge in [0.05, 0.1) is 0 Å². The summed E-state index contributed by atoms with van der Waals surface area (Å²) in [5.74, 6) is 0.624. The quantitative estimate of drug-likeness (QED) is 0.573. The summed E-state index contributed by atoms with van der Waals surface area (Å²) in [6, 6.07) is 0. The Morgan fingerprint density at radius 3 is 1.83 bits per heavy atom. The minimum Gasteiger partial charge on any atom is -0.368 e. The van der Waals surface area contributed by atoms with Crippen LogP contribution in [-0.4, -0.2) is 22.0 Å². The summed E-state index contributed by atoms with van der Waals surface area (Å²) in [4.78, 5) is 11.0. The minimum atomic E-state index is 0. The first-order valence-electron chi connectivity index (χ1n) is 2.67. The third-order valence-electron chi connectivity index (χ3n) is 0.894. The SMILES string of the molecule is CNc1nc(N)nc(N)n1.Cl.[Zn]. The van der Waals surface area contributed by atoms with Crippen molar-refractivity contribution in [1.29, 1.82) is 0 Å². The number of hydrogen-bond acceptors (Lipinski definition) is 6. The zero-order chi connectivity index (χ0) is 7.56. The Balaban J connectivity index is 0. The van der Waals surface area contributed by atoms with Crippen molar-refractivity contribution < 1.29 is 19.5 Å². The first kappa shape index (κ1) is 13.9. The maximum atomic E-state index is 5.25. The molecule has 0 amide bonds. The number of nitrogens with two attached hydrogens (primary N) is 2. The Morgan fingerprint density at radius 2 is 1.50 bits per heavy atom. The van der Waals surface area contributed by atoms with Gasteiger partial charge in [-0.2, -0.15) is 15.0 Å². The summed E-state index contributed by atoms with van der Waals surface area (Å²) >= 11 is 0. The van der Waals surface area contributed by atoms with Crippen LogP contribution in [0.5, 0.6) is 0 Å². The van der Waals surface area contributed by atoms with Gasteiger partial charge in [0.2, 0.25) is 17.8 Å². The van der Waals surface area contributed by atoms with E-state index >= 15 is 0 Å². The predicted molar refractivity (Wildman–Crippen MR) is 45.4 cm³/mol. The average Bonchev–Trinajstić information content (AvgIpc) is 1.85. The van der Waals surface area contributed by atoms with Gasteiger partial charge < -0.3 is 16.8 Å². The Bertz CT molecular complexity index is 223. The number of aromatic nitrogens is 3. The average molecular weight is 242 g/mol. The van der Waals surface area contributed by atoms with E-state index in [2.05, 4.69) is 20.3 Å². The van der Waals surface area contributed by atoms with Crippen LogP contribution in [0.3, 0.4) is 0 Å². The molecule has 0 atom stereocenters. The van der Waals surface area contributed by atoms with Crippen molar-refractivity contribution in [2.24, 2.45) is 0 Å². The van der Waals surface area contributed by atoms with Crippen LogP contribution in [0.4, 0.5) is 17.8 Å². The largest absolute Gasteiger partial charge is 0.368 e. The fraction of sp³-hybridized carbons (Fsp3) is 0.250. The molecule has 1 aromatic rings. The van der Waals surface area contributed by atoms with E-state index in [4.69, 9.17) is 11.5 Å². The standard InChI is InChI=1S/C4H8N6.ClH.Zn/c1-7-4-9-2(5)8-3(6)10-4;;/h1H3,(H5,5,6,7,8,9,10);1H;. The summed E-state index contributed by atoms with van der Waals surface area (Å²) < 4.78 is 0. The molecule has 0 fully saturated rings. The molecule has 0 aromatic carbocycles. The summed E-state index contributed by atoms with van der Waals surface area (Å²) in [7, 11) is 1.67. The van der Waals surface area contributed by atoms with Gasteiger partial charge in [-0.05, 0) is 0 Å². The van der Waals surface area contributed by atoms with Crippen molar-refractivity contribution in [3.05, 3.63) is 0 Å². The first-order chi connectivity index (χ1) is 4.72. The molecule has 0 radical (unpaired) electrons. The molecule has 1 heterocycles. The van der Waals surface area contributed by atoms with Crippen LogP contribution in [0, 0.1) is 0 Å². The second-order valence-electron chi connectivity index (χ2n) is 1.63. The van der Waals surface area contributed by atoms with Gasteiger partial charge in [0.25, 0.3) is 0 Å². The topological polar surface area (TPSA) is 103 Å². The normalized spacial score (nSPS) is 7.75. The molecule has 8 heteroatoms. The van der Waals surface area contributed by atoms with Crippen molar-refractivity contribution in [3.8, 4) is 0 Å². The van der Waals surface area contributed by atoms with E-state index in [-0.39, 0.29) is 43.8 Å². The van der Waals surface area contributed by atoms with Crippen molar-refractivity contribution in [2.45, 2.75) is 0 Å². The van der Waals surface area contributed by atoms with Crippen LogP contribution in [0.1, 0.15) is 0 Å². The molecule has 0 aliphatic rings. The van der Waals surface area contributed by atoms with E-state index in [1.54, 1.807) is 7.05 Å². The molecular formula is C4H9ClN6Zn. The van der Waals surface area contributed by atoms with Crippen molar-refractivity contribution in [3.63, 3.8) is 0 Å². The van der Waals surface area contributed by atoms with E-state index in [0.717, 1.165) is 0 Å². The van der Waals surface area contributed by atoms with Crippen molar-refractivity contribution in [2.75, 3.05) is 23.8 Å². The molecule has 1 rings (SSSR count). The Morgan fingerprint density at radius 1 is 1.08 bits per heavy atom. The molecule has 1 aromatic heterocycles. The van der Waals surface area contributed by atoms with Gasteiger partial charge >= 0.3 is 0 Å². The van der Waals surface area contributed by atoms with Gasteiger partial charge in [0, 0.05) is 26.5 Å². The summed E-state index contributed by atoms with van der Waals surface area (Å²) in [5.41, 5.74) is 10.5. The fourth-order valence-electron chi connectivity index (χ4n) is 0.521. The molecule has 0 aliphatic heterocycles. The monoisotopic (exact) mass is 240 g/mol. The number of halogens is 1. The zero-order valence-corrected chi connectivity index (χ0v) is 10.4. The van der Waals surface area contributed by atoms with Gasteiger partial charge in [-0.3, -0.25) is 0 Å². The van der Waals surface area contributed by atoms with E-state index < -0.39 is 0 Å². The van der Waals surface area contributed by atoms with Gasteiger partial charge in [-0.1, -0.05) is 0 Å². The molecule has 0 bridgehead atoms. The van der Waals surface area contributed by atoms with Gasteiger partial charge in [0.1, 0.15) is 0 Å². The van der Waals surface area contributed by atoms with Gasteiger partial charge in [-0.15, -0.1) is 12.4 Å². The van der Waals surface area contributed by atoms with Crippen molar-refractivity contribution >= 4 is 30.3 Å². The maximum Gasteiger partial charge on any atom is 0.229 e. The fourth-order valence-corrected chi connectivity index (χ4v) is 0.521. The van der Waals surface area contributed by atoms with E-state index in [1.165, 1.54) is 0 Å². The number of anilines is 3. The molecule has 5 N–H and O–H groups in total. The first-order valence-corrected chi connectivity index (χ1v) is 2.67. The number of rotatable bonds is 1. The van der Waals surface area contributed by atoms with E-state index in [1.807, 2.05) is 0 Å². The third-order valence-corrected chi connectivity index (χ3v) is 0.894. The predicted octanol–water partition coefficient (Wildman–Crippen LogP) is -0.503. The summed E-state index contributed by atoms with van der Waals surface area (Å²) in [5, 5.41) is 2.69. The molecule has 64 valence electrons. The molecular weight excluding hydrogens is 233 g/mol. The maximum absolute atomic E-state index is 5.25. The third kappa shape index (κ3) is 3.64. The molecule has 0 unspecified atom stereocenters. The Kier molecular flexibility index (Phi) is 6.84. The van der Waals surface area contributed by atoms with Gasteiger partial charge in [0.15, 0.2) is 0 Å². The molecule has 6 nitrogen and oxygen atoms in total. The zero-order valence-electron chi connectivity index (χ0n) is 6.61. The number of nitrogens with one attached hydrogen (secondary N) is 1. The summed E-state index contributed by atoms with van der Waals surface area (Å²) in [6.45, 7) is 0. The molecule has 0 saturated heterocycles. The second-order valence-corrected chi connectivity index (χ2v) is 1.63. The van der Waals surface area contributed by atoms with Crippen LogP contribution in [0.15, 0.2) is 0 Å². The number of hydrogen-bond donors (Lipinski definition) is 3. The molecule has 0 saturated carbocycles. The van der Waals surface area contributed by atoms with Crippen LogP contribution in [-0.2, 0) is 19.5 Å². The Labute approximate surface area is 88.7 Å². The molecule has 0 aliphatic carbocycles. The van der Waals surface area contributed by atoms with E-state index in [0.29, 0.717) is 5.95 Å². The van der Waals surface area contributed by atoms with Crippen molar-refractivity contribution in [1.82, 2.24) is 15.0 Å². The molecule has 0 spiro atoms.